The van der Waals surface area contributed by atoms with Crippen LogP contribution in [0.15, 0.2) is 24.4 Å². The monoisotopic (exact) mass is 180 g/mol. The van der Waals surface area contributed by atoms with E-state index in [2.05, 4.69) is 4.98 Å². The maximum absolute atomic E-state index is 11.5. The van der Waals surface area contributed by atoms with E-state index in [1.165, 1.54) is 4.90 Å². The molecule has 0 bridgehead atoms. The lowest BCUT2D eigenvalue weighted by Gasteiger charge is -2.14. The number of aliphatic hydroxyl groups is 1. The lowest BCUT2D eigenvalue weighted by Crippen LogP contribution is -2.29. The number of hydrogen-bond donors (Lipinski definition) is 1. The number of aromatic nitrogens is 1. The van der Waals surface area contributed by atoms with E-state index in [-0.39, 0.29) is 12.5 Å². The van der Waals surface area contributed by atoms with Gasteiger partial charge in [0.1, 0.15) is 5.69 Å². The molecule has 4 heteroatoms. The van der Waals surface area contributed by atoms with Crippen LogP contribution >= 0.6 is 0 Å². The van der Waals surface area contributed by atoms with Crippen LogP contribution in [0.1, 0.15) is 10.5 Å². The van der Waals surface area contributed by atoms with Crippen molar-refractivity contribution in [3.05, 3.63) is 30.1 Å². The Morgan fingerprint density at radius 1 is 1.62 bits per heavy atom. The van der Waals surface area contributed by atoms with Crippen LogP contribution in [0.3, 0.4) is 0 Å². The lowest BCUT2D eigenvalue weighted by atomic mass is 10.3. The molecule has 0 atom stereocenters. The van der Waals surface area contributed by atoms with Crippen molar-refractivity contribution in [2.75, 3.05) is 20.2 Å². The zero-order chi connectivity index (χ0) is 9.68. The van der Waals surface area contributed by atoms with Gasteiger partial charge in [-0.2, -0.15) is 0 Å². The van der Waals surface area contributed by atoms with Crippen molar-refractivity contribution >= 4 is 5.91 Å². The van der Waals surface area contributed by atoms with Crippen molar-refractivity contribution in [2.45, 2.75) is 0 Å². The number of pyridine rings is 1. The van der Waals surface area contributed by atoms with Gasteiger partial charge in [0.25, 0.3) is 5.91 Å². The zero-order valence-electron chi connectivity index (χ0n) is 7.47. The molecule has 0 unspecified atom stereocenters. The van der Waals surface area contributed by atoms with Crippen molar-refractivity contribution in [2.24, 2.45) is 0 Å². The zero-order valence-corrected chi connectivity index (χ0v) is 7.47. The molecular formula is C9H12N2O2. The molecule has 0 aliphatic carbocycles. The van der Waals surface area contributed by atoms with Crippen LogP contribution in [0.5, 0.6) is 0 Å². The van der Waals surface area contributed by atoms with Gasteiger partial charge in [-0.05, 0) is 12.1 Å². The fourth-order valence-corrected chi connectivity index (χ4v) is 0.936. The fourth-order valence-electron chi connectivity index (χ4n) is 0.936. The molecule has 70 valence electrons. The first kappa shape index (κ1) is 9.67. The molecular weight excluding hydrogens is 168 g/mol. The first-order valence-corrected chi connectivity index (χ1v) is 4.03. The Morgan fingerprint density at radius 2 is 2.38 bits per heavy atom. The van der Waals surface area contributed by atoms with Crippen LogP contribution < -0.4 is 0 Å². The van der Waals surface area contributed by atoms with Gasteiger partial charge in [0, 0.05) is 19.8 Å². The predicted molar refractivity (Wildman–Crippen MR) is 48.3 cm³/mol. The van der Waals surface area contributed by atoms with E-state index in [4.69, 9.17) is 5.11 Å². The third kappa shape index (κ3) is 2.52. The van der Waals surface area contributed by atoms with E-state index >= 15 is 0 Å². The predicted octanol–water partition coefficient (Wildman–Crippen LogP) is 0.146. The summed E-state index contributed by atoms with van der Waals surface area (Å²) in [6.07, 6.45) is 1.57. The third-order valence-electron chi connectivity index (χ3n) is 1.67. The maximum atomic E-state index is 11.5. The molecule has 0 aromatic carbocycles. The van der Waals surface area contributed by atoms with E-state index in [9.17, 15) is 4.79 Å². The summed E-state index contributed by atoms with van der Waals surface area (Å²) in [6.45, 7) is 0.296. The van der Waals surface area contributed by atoms with Crippen molar-refractivity contribution in [1.29, 1.82) is 0 Å². The molecule has 1 aromatic heterocycles. The van der Waals surface area contributed by atoms with Crippen LogP contribution in [0.25, 0.3) is 0 Å². The fraction of sp³-hybridized carbons (Fsp3) is 0.333. The Balaban J connectivity index is 2.68. The number of nitrogens with zero attached hydrogens (tertiary/aromatic N) is 2. The van der Waals surface area contributed by atoms with Gasteiger partial charge in [0.05, 0.1) is 6.61 Å². The van der Waals surface area contributed by atoms with E-state index < -0.39 is 0 Å². The number of hydrogen-bond acceptors (Lipinski definition) is 3. The summed E-state index contributed by atoms with van der Waals surface area (Å²) in [7, 11) is 1.63. The first-order valence-electron chi connectivity index (χ1n) is 4.03. The van der Waals surface area contributed by atoms with E-state index in [0.29, 0.717) is 12.2 Å². The Morgan fingerprint density at radius 3 is 2.92 bits per heavy atom. The average Bonchev–Trinajstić information content (AvgIpc) is 2.18. The second-order valence-corrected chi connectivity index (χ2v) is 2.67. The minimum Gasteiger partial charge on any atom is -0.395 e. The number of aliphatic hydroxyl groups excluding tert-OH is 1. The van der Waals surface area contributed by atoms with Gasteiger partial charge in [0.15, 0.2) is 0 Å². The molecule has 1 amide bonds. The topological polar surface area (TPSA) is 53.4 Å². The highest BCUT2D eigenvalue weighted by Crippen LogP contribution is 1.98. The molecule has 13 heavy (non-hydrogen) atoms. The Bertz CT molecular complexity index is 274. The van der Waals surface area contributed by atoms with Crippen LogP contribution in [-0.2, 0) is 0 Å². The first-order chi connectivity index (χ1) is 6.25. The summed E-state index contributed by atoms with van der Waals surface area (Å²) in [5, 5.41) is 8.62. The molecule has 1 N–H and O–H groups in total. The second-order valence-electron chi connectivity index (χ2n) is 2.67. The van der Waals surface area contributed by atoms with Crippen LogP contribution in [0, 0.1) is 0 Å². The molecule has 0 fully saturated rings. The number of amides is 1. The van der Waals surface area contributed by atoms with Gasteiger partial charge in [0.2, 0.25) is 0 Å². The Kier molecular flexibility index (Phi) is 3.40. The highest BCUT2D eigenvalue weighted by molar-refractivity contribution is 5.91. The van der Waals surface area contributed by atoms with Gasteiger partial charge in [-0.1, -0.05) is 6.07 Å². The lowest BCUT2D eigenvalue weighted by molar-refractivity contribution is 0.0761. The summed E-state index contributed by atoms with van der Waals surface area (Å²) in [5.74, 6) is -0.172. The summed E-state index contributed by atoms with van der Waals surface area (Å²) in [5.41, 5.74) is 0.401. The average molecular weight is 180 g/mol. The highest BCUT2D eigenvalue weighted by Gasteiger charge is 2.10. The second kappa shape index (κ2) is 4.57. The molecule has 0 aliphatic rings. The summed E-state index contributed by atoms with van der Waals surface area (Å²) in [4.78, 5) is 16.8. The smallest absolute Gasteiger partial charge is 0.272 e. The number of likely N-dealkylation sites (N-methyl/N-ethyl adjacent to an activating group) is 1. The summed E-state index contributed by atoms with van der Waals surface area (Å²) < 4.78 is 0. The maximum Gasteiger partial charge on any atom is 0.272 e. The SMILES string of the molecule is CN(CCO)C(=O)c1ccccn1. The molecule has 1 rings (SSSR count). The standard InChI is InChI=1S/C9H12N2O2/c1-11(6-7-12)9(13)8-4-2-3-5-10-8/h2-5,12H,6-7H2,1H3. The Hall–Kier alpha value is -1.42. The van der Waals surface area contributed by atoms with Gasteiger partial charge in [-0.25, -0.2) is 0 Å². The van der Waals surface area contributed by atoms with Gasteiger partial charge in [-0.15, -0.1) is 0 Å². The van der Waals surface area contributed by atoms with Crippen LogP contribution in [0.4, 0.5) is 0 Å². The highest BCUT2D eigenvalue weighted by atomic mass is 16.3. The molecule has 4 nitrogen and oxygen atoms in total. The quantitative estimate of drug-likeness (QED) is 0.720. The molecule has 0 spiro atoms. The number of carbonyl (C=O) groups is 1. The third-order valence-corrected chi connectivity index (χ3v) is 1.67. The minimum atomic E-state index is -0.172. The molecule has 1 heterocycles. The minimum absolute atomic E-state index is 0.0327. The normalized spacial score (nSPS) is 9.69. The molecule has 0 aliphatic heterocycles. The van der Waals surface area contributed by atoms with Crippen molar-refractivity contribution in [3.63, 3.8) is 0 Å². The van der Waals surface area contributed by atoms with E-state index in [1.54, 1.807) is 31.4 Å². The number of carbonyl (C=O) groups excluding carboxylic acids is 1. The summed E-state index contributed by atoms with van der Waals surface area (Å²) in [6, 6.07) is 5.16. The van der Waals surface area contributed by atoms with Crippen LogP contribution in [-0.4, -0.2) is 41.1 Å². The van der Waals surface area contributed by atoms with E-state index in [1.807, 2.05) is 0 Å². The van der Waals surface area contributed by atoms with Crippen LogP contribution in [0.2, 0.25) is 0 Å². The van der Waals surface area contributed by atoms with Gasteiger partial charge < -0.3 is 10.0 Å². The van der Waals surface area contributed by atoms with Gasteiger partial charge >= 0.3 is 0 Å². The van der Waals surface area contributed by atoms with Gasteiger partial charge in [-0.3, -0.25) is 9.78 Å². The summed E-state index contributed by atoms with van der Waals surface area (Å²) >= 11 is 0. The molecule has 0 saturated heterocycles. The van der Waals surface area contributed by atoms with E-state index in [0.717, 1.165) is 0 Å². The van der Waals surface area contributed by atoms with Crippen molar-refractivity contribution in [1.82, 2.24) is 9.88 Å². The molecule has 1 aromatic rings. The largest absolute Gasteiger partial charge is 0.395 e. The Labute approximate surface area is 76.8 Å². The number of rotatable bonds is 3. The van der Waals surface area contributed by atoms with Crippen molar-refractivity contribution < 1.29 is 9.90 Å². The molecule has 0 saturated carbocycles. The van der Waals surface area contributed by atoms with Crippen molar-refractivity contribution in [3.8, 4) is 0 Å². The molecule has 0 radical (unpaired) electrons.